The van der Waals surface area contributed by atoms with Gasteiger partial charge in [0.2, 0.25) is 5.91 Å². The number of ether oxygens (including phenoxy) is 1. The lowest BCUT2D eigenvalue weighted by molar-refractivity contribution is -0.116. The quantitative estimate of drug-likeness (QED) is 0.487. The Kier molecular flexibility index (Phi) is 6.04. The first-order valence-electron chi connectivity index (χ1n) is 9.73. The van der Waals surface area contributed by atoms with E-state index >= 15 is 0 Å². The maximum Gasteiger partial charge on any atom is 0.332 e. The van der Waals surface area contributed by atoms with Crippen molar-refractivity contribution >= 4 is 34.2 Å². The van der Waals surface area contributed by atoms with Crippen LogP contribution in [0.4, 0.5) is 5.69 Å². The molecule has 2 heterocycles. The molecule has 1 amide bonds. The second-order valence-electron chi connectivity index (χ2n) is 7.03. The molecule has 0 unspecified atom stereocenters. The highest BCUT2D eigenvalue weighted by molar-refractivity contribution is 6.30. The molecule has 32 heavy (non-hydrogen) atoms. The van der Waals surface area contributed by atoms with Crippen LogP contribution in [0.25, 0.3) is 11.0 Å². The lowest BCUT2D eigenvalue weighted by Crippen LogP contribution is -2.42. The van der Waals surface area contributed by atoms with Crippen LogP contribution in [0.15, 0.2) is 76.4 Å². The predicted octanol–water partition coefficient (Wildman–Crippen LogP) is 2.91. The van der Waals surface area contributed by atoms with E-state index in [4.69, 9.17) is 16.3 Å². The molecule has 0 spiro atoms. The molecule has 162 valence electrons. The van der Waals surface area contributed by atoms with Crippen LogP contribution < -0.4 is 21.3 Å². The van der Waals surface area contributed by atoms with Crippen molar-refractivity contribution in [3.05, 3.63) is 98.3 Å². The Morgan fingerprint density at radius 1 is 1.03 bits per heavy atom. The molecule has 0 atom stereocenters. The molecule has 4 rings (SSSR count). The number of nitrogens with one attached hydrogen (secondary N) is 1. The van der Waals surface area contributed by atoms with Crippen LogP contribution in [0.2, 0.25) is 5.02 Å². The molecule has 0 bridgehead atoms. The Morgan fingerprint density at radius 3 is 2.44 bits per heavy atom. The fraction of sp³-hybridized carbons (Fsp3) is 0.130. The zero-order valence-electron chi connectivity index (χ0n) is 17.1. The van der Waals surface area contributed by atoms with E-state index in [1.807, 2.05) is 0 Å². The van der Waals surface area contributed by atoms with Crippen molar-refractivity contribution in [3.8, 4) is 5.75 Å². The largest absolute Gasteiger partial charge is 0.497 e. The molecule has 0 saturated heterocycles. The Morgan fingerprint density at radius 2 is 1.75 bits per heavy atom. The van der Waals surface area contributed by atoms with Gasteiger partial charge in [0.15, 0.2) is 5.52 Å². The third-order valence-electron chi connectivity index (χ3n) is 4.92. The van der Waals surface area contributed by atoms with Crippen LogP contribution in [0.5, 0.6) is 5.75 Å². The summed E-state index contributed by atoms with van der Waals surface area (Å²) in [6.07, 6.45) is 1.47. The Bertz CT molecular complexity index is 1390. The van der Waals surface area contributed by atoms with Crippen LogP contribution in [-0.2, 0) is 17.9 Å². The van der Waals surface area contributed by atoms with E-state index in [9.17, 15) is 14.4 Å². The number of fused-ring (bicyclic) bond motifs is 1. The first-order chi connectivity index (χ1) is 15.5. The Labute approximate surface area is 187 Å². The molecule has 8 nitrogen and oxygen atoms in total. The van der Waals surface area contributed by atoms with Gasteiger partial charge in [-0.15, -0.1) is 0 Å². The van der Waals surface area contributed by atoms with Gasteiger partial charge in [-0.3, -0.25) is 18.7 Å². The fourth-order valence-electron chi connectivity index (χ4n) is 3.33. The number of pyridine rings is 1. The zero-order valence-corrected chi connectivity index (χ0v) is 17.9. The smallest absolute Gasteiger partial charge is 0.332 e. The van der Waals surface area contributed by atoms with E-state index < -0.39 is 17.2 Å². The van der Waals surface area contributed by atoms with Crippen molar-refractivity contribution in [2.45, 2.75) is 13.1 Å². The number of nitrogens with zero attached hydrogens (tertiary/aromatic N) is 3. The second kappa shape index (κ2) is 9.07. The van der Waals surface area contributed by atoms with Gasteiger partial charge in [0, 0.05) is 16.9 Å². The molecule has 0 aliphatic rings. The highest BCUT2D eigenvalue weighted by Gasteiger charge is 2.16. The minimum atomic E-state index is -0.602. The number of rotatable bonds is 6. The van der Waals surface area contributed by atoms with Gasteiger partial charge < -0.3 is 10.1 Å². The summed E-state index contributed by atoms with van der Waals surface area (Å²) >= 11 is 5.93. The topological polar surface area (TPSA) is 95.2 Å². The SMILES string of the molecule is COc1ccc(NC(=O)Cn2c(=O)n(Cc3ccc(Cl)cc3)c(=O)c3ncccc32)cc1. The first-order valence-corrected chi connectivity index (χ1v) is 10.1. The van der Waals surface area contributed by atoms with E-state index in [-0.39, 0.29) is 18.6 Å². The minimum absolute atomic E-state index is 0.0292. The van der Waals surface area contributed by atoms with Crippen LogP contribution in [0.3, 0.4) is 0 Å². The summed E-state index contributed by atoms with van der Waals surface area (Å²) in [5.41, 5.74) is 0.555. The van der Waals surface area contributed by atoms with Gasteiger partial charge in [0.1, 0.15) is 12.3 Å². The van der Waals surface area contributed by atoms with Crippen molar-refractivity contribution in [3.63, 3.8) is 0 Å². The van der Waals surface area contributed by atoms with Gasteiger partial charge >= 0.3 is 5.69 Å². The lowest BCUT2D eigenvalue weighted by atomic mass is 10.2. The normalized spacial score (nSPS) is 10.8. The maximum atomic E-state index is 13.2. The molecule has 2 aromatic carbocycles. The molecule has 0 fully saturated rings. The van der Waals surface area contributed by atoms with Gasteiger partial charge in [0.05, 0.1) is 19.2 Å². The number of benzene rings is 2. The monoisotopic (exact) mass is 450 g/mol. The van der Waals surface area contributed by atoms with Gasteiger partial charge in [0.25, 0.3) is 5.56 Å². The Balaban J connectivity index is 1.71. The van der Waals surface area contributed by atoms with Gasteiger partial charge in [-0.2, -0.15) is 0 Å². The summed E-state index contributed by atoms with van der Waals surface area (Å²) in [6, 6.07) is 16.9. The first kappa shape index (κ1) is 21.3. The number of aromatic nitrogens is 3. The van der Waals surface area contributed by atoms with Crippen molar-refractivity contribution in [2.75, 3.05) is 12.4 Å². The van der Waals surface area contributed by atoms with Crippen molar-refractivity contribution < 1.29 is 9.53 Å². The predicted molar refractivity (Wildman–Crippen MR) is 122 cm³/mol. The van der Waals surface area contributed by atoms with Crippen LogP contribution in [0.1, 0.15) is 5.56 Å². The average molecular weight is 451 g/mol. The zero-order chi connectivity index (χ0) is 22.7. The second-order valence-corrected chi connectivity index (χ2v) is 7.47. The number of carbonyl (C=O) groups is 1. The number of amides is 1. The van der Waals surface area contributed by atoms with Gasteiger partial charge in [-0.1, -0.05) is 23.7 Å². The summed E-state index contributed by atoms with van der Waals surface area (Å²) in [5, 5.41) is 3.30. The number of hydrogen-bond acceptors (Lipinski definition) is 5. The van der Waals surface area contributed by atoms with Crippen LogP contribution >= 0.6 is 11.6 Å². The number of methoxy groups -OCH3 is 1. The highest BCUT2D eigenvalue weighted by atomic mass is 35.5. The number of carbonyl (C=O) groups excluding carboxylic acids is 1. The van der Waals surface area contributed by atoms with Crippen LogP contribution in [-0.4, -0.2) is 27.1 Å². The Hall–Kier alpha value is -3.91. The highest BCUT2D eigenvalue weighted by Crippen LogP contribution is 2.15. The molecule has 2 aromatic heterocycles. The van der Waals surface area contributed by atoms with E-state index in [1.54, 1.807) is 67.8 Å². The standard InChI is InChI=1S/C23H19ClN4O4/c1-32-18-10-8-17(9-11-18)26-20(29)14-27-19-3-2-12-25-21(19)22(30)28(23(27)31)13-15-4-6-16(24)7-5-15/h2-12H,13-14H2,1H3,(H,26,29). The van der Waals surface area contributed by atoms with E-state index in [1.165, 1.54) is 10.8 Å². The molecule has 4 aromatic rings. The van der Waals surface area contributed by atoms with Crippen molar-refractivity contribution in [1.29, 1.82) is 0 Å². The van der Waals surface area contributed by atoms with Crippen LogP contribution in [0, 0.1) is 0 Å². The van der Waals surface area contributed by atoms with Crippen molar-refractivity contribution in [2.24, 2.45) is 0 Å². The summed E-state index contributed by atoms with van der Waals surface area (Å²) in [6.45, 7) is -0.255. The maximum absolute atomic E-state index is 13.2. The van der Waals surface area contributed by atoms with Crippen molar-refractivity contribution in [1.82, 2.24) is 14.1 Å². The van der Waals surface area contributed by atoms with Gasteiger partial charge in [-0.25, -0.2) is 9.78 Å². The molecule has 9 heteroatoms. The molecule has 1 N–H and O–H groups in total. The molecule has 0 saturated carbocycles. The lowest BCUT2D eigenvalue weighted by Gasteiger charge is -2.14. The molecule has 0 aliphatic heterocycles. The fourth-order valence-corrected chi connectivity index (χ4v) is 3.45. The summed E-state index contributed by atoms with van der Waals surface area (Å²) < 4.78 is 7.43. The van der Waals surface area contributed by atoms with E-state index in [0.717, 1.165) is 10.1 Å². The molecule has 0 radical (unpaired) electrons. The van der Waals surface area contributed by atoms with E-state index in [0.29, 0.717) is 22.0 Å². The molecular weight excluding hydrogens is 432 g/mol. The minimum Gasteiger partial charge on any atom is -0.497 e. The average Bonchev–Trinajstić information content (AvgIpc) is 2.81. The number of anilines is 1. The summed E-state index contributed by atoms with van der Waals surface area (Å²) in [7, 11) is 1.55. The molecule has 0 aliphatic carbocycles. The summed E-state index contributed by atoms with van der Waals surface area (Å²) in [4.78, 5) is 43.0. The third-order valence-corrected chi connectivity index (χ3v) is 5.17. The number of hydrogen-bond donors (Lipinski definition) is 1. The number of halogens is 1. The van der Waals surface area contributed by atoms with E-state index in [2.05, 4.69) is 10.3 Å². The molecular formula is C23H19ClN4O4. The third kappa shape index (κ3) is 4.40. The summed E-state index contributed by atoms with van der Waals surface area (Å²) in [5.74, 6) is 0.240. The van der Waals surface area contributed by atoms with Gasteiger partial charge in [-0.05, 0) is 54.1 Å².